The van der Waals surface area contributed by atoms with Crippen molar-refractivity contribution in [2.45, 2.75) is 12.8 Å². The molecule has 0 aromatic carbocycles. The van der Waals surface area contributed by atoms with E-state index in [0.29, 0.717) is 13.0 Å². The summed E-state index contributed by atoms with van der Waals surface area (Å²) in [5.41, 5.74) is 0.889. The van der Waals surface area contributed by atoms with Crippen molar-refractivity contribution in [2.24, 2.45) is 0 Å². The lowest BCUT2D eigenvalue weighted by Crippen LogP contribution is -2.03. The second-order valence-electron chi connectivity index (χ2n) is 2.44. The highest BCUT2D eigenvalue weighted by Crippen LogP contribution is 2.06. The van der Waals surface area contributed by atoms with E-state index in [1.165, 1.54) is 0 Å². The van der Waals surface area contributed by atoms with Gasteiger partial charge >= 0.3 is 5.97 Å². The first-order valence-corrected chi connectivity index (χ1v) is 3.77. The average Bonchev–Trinajstić information content (AvgIpc) is 2.49. The number of carboxylic acids is 1. The largest absolute Gasteiger partial charge is 0.481 e. The summed E-state index contributed by atoms with van der Waals surface area (Å²) in [7, 11) is 0. The van der Waals surface area contributed by atoms with Crippen molar-refractivity contribution in [3.63, 3.8) is 0 Å². The number of nitrogens with one attached hydrogen (secondary N) is 1. The van der Waals surface area contributed by atoms with Gasteiger partial charge in [0.1, 0.15) is 6.26 Å². The standard InChI is InChI=1S/C8H11NO3/c10-8(11)2-1-4-9-7-3-5-12-6-7/h3,5-6,9H,1-2,4H2,(H,10,11). The number of carbonyl (C=O) groups is 1. The maximum atomic E-state index is 10.1. The molecule has 0 spiro atoms. The Morgan fingerprint density at radius 2 is 2.50 bits per heavy atom. The zero-order valence-corrected chi connectivity index (χ0v) is 6.62. The highest BCUT2D eigenvalue weighted by atomic mass is 16.4. The van der Waals surface area contributed by atoms with Crippen LogP contribution in [0.2, 0.25) is 0 Å². The highest BCUT2D eigenvalue weighted by Gasteiger charge is 1.96. The Bertz CT molecular complexity index is 230. The Morgan fingerprint density at radius 1 is 1.67 bits per heavy atom. The van der Waals surface area contributed by atoms with Crippen LogP contribution in [0, 0.1) is 0 Å². The molecule has 1 aromatic rings. The quantitative estimate of drug-likeness (QED) is 0.656. The summed E-state index contributed by atoms with van der Waals surface area (Å²) in [5, 5.41) is 11.3. The number of carboxylic acid groups (broad SMARTS) is 1. The van der Waals surface area contributed by atoms with E-state index < -0.39 is 5.97 Å². The van der Waals surface area contributed by atoms with Crippen LogP contribution in [-0.4, -0.2) is 17.6 Å². The van der Waals surface area contributed by atoms with Crippen LogP contribution in [0.1, 0.15) is 12.8 Å². The number of anilines is 1. The van der Waals surface area contributed by atoms with Gasteiger partial charge in [0.25, 0.3) is 0 Å². The van der Waals surface area contributed by atoms with Gasteiger partial charge in [0.2, 0.25) is 0 Å². The van der Waals surface area contributed by atoms with Crippen LogP contribution in [0.25, 0.3) is 0 Å². The van der Waals surface area contributed by atoms with E-state index in [-0.39, 0.29) is 6.42 Å². The van der Waals surface area contributed by atoms with Gasteiger partial charge in [0, 0.05) is 13.0 Å². The number of hydrogen-bond acceptors (Lipinski definition) is 3. The third-order valence-electron chi connectivity index (χ3n) is 1.42. The van der Waals surface area contributed by atoms with E-state index in [1.807, 2.05) is 0 Å². The molecular formula is C8H11NO3. The molecule has 0 bridgehead atoms. The van der Waals surface area contributed by atoms with Gasteiger partial charge < -0.3 is 14.8 Å². The first-order valence-electron chi connectivity index (χ1n) is 3.77. The Morgan fingerprint density at radius 3 is 3.08 bits per heavy atom. The van der Waals surface area contributed by atoms with Gasteiger partial charge in [-0.25, -0.2) is 0 Å². The lowest BCUT2D eigenvalue weighted by Gasteiger charge is -1.99. The van der Waals surface area contributed by atoms with Crippen molar-refractivity contribution in [1.82, 2.24) is 0 Å². The molecule has 0 atom stereocenters. The molecule has 0 fully saturated rings. The van der Waals surface area contributed by atoms with Crippen LogP contribution < -0.4 is 5.32 Å². The monoisotopic (exact) mass is 169 g/mol. The van der Waals surface area contributed by atoms with Crippen molar-refractivity contribution in [3.05, 3.63) is 18.6 Å². The number of rotatable bonds is 5. The third kappa shape index (κ3) is 3.09. The third-order valence-corrected chi connectivity index (χ3v) is 1.42. The molecule has 66 valence electrons. The predicted molar refractivity (Wildman–Crippen MR) is 44.1 cm³/mol. The van der Waals surface area contributed by atoms with Crippen LogP contribution in [0.4, 0.5) is 5.69 Å². The molecule has 0 aliphatic carbocycles. The van der Waals surface area contributed by atoms with E-state index in [1.54, 1.807) is 18.6 Å². The van der Waals surface area contributed by atoms with Gasteiger partial charge in [-0.2, -0.15) is 0 Å². The van der Waals surface area contributed by atoms with Gasteiger partial charge in [0.05, 0.1) is 12.0 Å². The minimum absolute atomic E-state index is 0.199. The van der Waals surface area contributed by atoms with Crippen LogP contribution in [0.5, 0.6) is 0 Å². The smallest absolute Gasteiger partial charge is 0.303 e. The molecule has 12 heavy (non-hydrogen) atoms. The molecule has 2 N–H and O–H groups in total. The van der Waals surface area contributed by atoms with E-state index in [4.69, 9.17) is 9.52 Å². The molecule has 4 nitrogen and oxygen atoms in total. The van der Waals surface area contributed by atoms with Gasteiger partial charge in [0.15, 0.2) is 0 Å². The van der Waals surface area contributed by atoms with Gasteiger partial charge in [-0.1, -0.05) is 0 Å². The summed E-state index contributed by atoms with van der Waals surface area (Å²) in [6, 6.07) is 1.79. The second kappa shape index (κ2) is 4.43. The minimum Gasteiger partial charge on any atom is -0.481 e. The average molecular weight is 169 g/mol. The molecule has 1 heterocycles. The maximum Gasteiger partial charge on any atom is 0.303 e. The normalized spacial score (nSPS) is 9.67. The number of aliphatic carboxylic acids is 1. The maximum absolute atomic E-state index is 10.1. The molecule has 1 aromatic heterocycles. The highest BCUT2D eigenvalue weighted by molar-refractivity contribution is 5.66. The van der Waals surface area contributed by atoms with E-state index in [9.17, 15) is 4.79 Å². The fourth-order valence-electron chi connectivity index (χ4n) is 0.837. The number of hydrogen-bond donors (Lipinski definition) is 2. The van der Waals surface area contributed by atoms with E-state index >= 15 is 0 Å². The molecular weight excluding hydrogens is 158 g/mol. The summed E-state index contributed by atoms with van der Waals surface area (Å²) in [5.74, 6) is -0.760. The Labute approximate surface area is 70.2 Å². The van der Waals surface area contributed by atoms with Crippen LogP contribution >= 0.6 is 0 Å². The first kappa shape index (κ1) is 8.64. The molecule has 0 saturated heterocycles. The van der Waals surface area contributed by atoms with Crippen molar-refractivity contribution >= 4 is 11.7 Å². The van der Waals surface area contributed by atoms with Crippen molar-refractivity contribution in [1.29, 1.82) is 0 Å². The van der Waals surface area contributed by atoms with Gasteiger partial charge in [-0.15, -0.1) is 0 Å². The zero-order chi connectivity index (χ0) is 8.81. The Balaban J connectivity index is 2.07. The predicted octanol–water partition coefficient (Wildman–Crippen LogP) is 1.56. The molecule has 1 rings (SSSR count). The fourth-order valence-corrected chi connectivity index (χ4v) is 0.837. The van der Waals surface area contributed by atoms with Crippen LogP contribution in [-0.2, 0) is 4.79 Å². The van der Waals surface area contributed by atoms with E-state index in [2.05, 4.69) is 5.32 Å². The topological polar surface area (TPSA) is 62.5 Å². The van der Waals surface area contributed by atoms with Crippen LogP contribution in [0.15, 0.2) is 23.0 Å². The van der Waals surface area contributed by atoms with Crippen molar-refractivity contribution in [3.8, 4) is 0 Å². The second-order valence-corrected chi connectivity index (χ2v) is 2.44. The summed E-state index contributed by atoms with van der Waals surface area (Å²) in [6.07, 6.45) is 3.98. The van der Waals surface area contributed by atoms with Crippen LogP contribution in [0.3, 0.4) is 0 Å². The Kier molecular flexibility index (Phi) is 3.19. The molecule has 0 aliphatic heterocycles. The fraction of sp³-hybridized carbons (Fsp3) is 0.375. The molecule has 4 heteroatoms. The lowest BCUT2D eigenvalue weighted by molar-refractivity contribution is -0.137. The zero-order valence-electron chi connectivity index (χ0n) is 6.62. The molecule has 0 radical (unpaired) electrons. The van der Waals surface area contributed by atoms with E-state index in [0.717, 1.165) is 5.69 Å². The van der Waals surface area contributed by atoms with Gasteiger partial charge in [-0.05, 0) is 12.5 Å². The van der Waals surface area contributed by atoms with Crippen molar-refractivity contribution in [2.75, 3.05) is 11.9 Å². The minimum atomic E-state index is -0.760. The SMILES string of the molecule is O=C(O)CCCNc1ccoc1. The summed E-state index contributed by atoms with van der Waals surface area (Å²) < 4.78 is 4.81. The summed E-state index contributed by atoms with van der Waals surface area (Å²) in [4.78, 5) is 10.1. The Hall–Kier alpha value is -1.45. The summed E-state index contributed by atoms with van der Waals surface area (Å²) in [6.45, 7) is 0.659. The van der Waals surface area contributed by atoms with Crippen molar-refractivity contribution < 1.29 is 14.3 Å². The first-order chi connectivity index (χ1) is 5.79. The molecule has 0 aliphatic rings. The number of furan rings is 1. The van der Waals surface area contributed by atoms with Gasteiger partial charge in [-0.3, -0.25) is 4.79 Å². The molecule has 0 saturated carbocycles. The molecule has 0 amide bonds. The summed E-state index contributed by atoms with van der Waals surface area (Å²) >= 11 is 0. The lowest BCUT2D eigenvalue weighted by atomic mass is 10.3. The molecule has 0 unspecified atom stereocenters.